The number of halogens is 1. The molecule has 0 spiro atoms. The van der Waals surface area contributed by atoms with Gasteiger partial charge in [-0.1, -0.05) is 59.6 Å². The minimum absolute atomic E-state index is 0.00508. The van der Waals surface area contributed by atoms with Crippen LogP contribution in [0.2, 0.25) is 5.02 Å². The van der Waals surface area contributed by atoms with Gasteiger partial charge in [0.05, 0.1) is 6.54 Å². The van der Waals surface area contributed by atoms with E-state index >= 15 is 0 Å². The zero-order valence-corrected chi connectivity index (χ0v) is 18.0. The number of nitrogens with zero attached hydrogens (tertiary/aromatic N) is 4. The third-order valence-corrected chi connectivity index (χ3v) is 5.41. The number of carbonyl (C=O) groups excluding carboxylic acids is 1. The molecule has 0 aliphatic rings. The summed E-state index contributed by atoms with van der Waals surface area (Å²) in [7, 11) is 0. The first-order valence-corrected chi connectivity index (χ1v) is 10.3. The van der Waals surface area contributed by atoms with Crippen molar-refractivity contribution in [2.24, 2.45) is 0 Å². The molecule has 0 atom stereocenters. The predicted molar refractivity (Wildman–Crippen MR) is 122 cm³/mol. The first kappa shape index (κ1) is 21.5. The first-order chi connectivity index (χ1) is 15.4. The molecule has 4 aromatic rings. The van der Waals surface area contributed by atoms with Crippen LogP contribution in [0.4, 0.5) is 0 Å². The van der Waals surface area contributed by atoms with E-state index < -0.39 is 11.2 Å². The second kappa shape index (κ2) is 9.15. The molecule has 8 nitrogen and oxygen atoms in total. The minimum Gasteiger partial charge on any atom is -0.350 e. The van der Waals surface area contributed by atoms with Crippen molar-refractivity contribution in [2.45, 2.75) is 26.6 Å². The van der Waals surface area contributed by atoms with Crippen LogP contribution in [0.1, 0.15) is 16.7 Å². The van der Waals surface area contributed by atoms with E-state index in [1.165, 1.54) is 12.4 Å². The van der Waals surface area contributed by atoms with E-state index in [-0.39, 0.29) is 30.2 Å². The zero-order chi connectivity index (χ0) is 22.7. The molecule has 0 unspecified atom stereocenters. The Morgan fingerprint density at radius 1 is 1.00 bits per heavy atom. The SMILES string of the molecule is Cc1ccc(CNC(=O)Cn2c(=O)n(Cc3ccccc3Cl)c(=O)c3nccnc32)cc1. The standard InChI is InChI=1S/C23H20ClN5O3/c1-15-6-8-16(9-7-15)12-27-19(30)14-28-21-20(25-10-11-26-21)22(31)29(23(28)32)13-17-4-2-3-5-18(17)24/h2-11H,12-14H2,1H3,(H,27,30). The number of rotatable bonds is 6. The van der Waals surface area contributed by atoms with Gasteiger partial charge in [-0.15, -0.1) is 0 Å². The molecule has 1 amide bonds. The van der Waals surface area contributed by atoms with Crippen molar-refractivity contribution in [1.82, 2.24) is 24.4 Å². The average molecular weight is 450 g/mol. The van der Waals surface area contributed by atoms with E-state index in [1.807, 2.05) is 31.2 Å². The van der Waals surface area contributed by atoms with Crippen molar-refractivity contribution in [3.05, 3.63) is 103 Å². The van der Waals surface area contributed by atoms with Crippen molar-refractivity contribution in [2.75, 3.05) is 0 Å². The molecule has 162 valence electrons. The fraction of sp³-hybridized carbons (Fsp3) is 0.174. The summed E-state index contributed by atoms with van der Waals surface area (Å²) >= 11 is 6.21. The van der Waals surface area contributed by atoms with Gasteiger partial charge in [0.15, 0.2) is 11.2 Å². The Hall–Kier alpha value is -3.78. The Labute approximate surface area is 188 Å². The molecule has 0 radical (unpaired) electrons. The molecule has 0 fully saturated rings. The van der Waals surface area contributed by atoms with Crippen molar-refractivity contribution in [3.63, 3.8) is 0 Å². The van der Waals surface area contributed by atoms with Crippen LogP contribution in [0.3, 0.4) is 0 Å². The van der Waals surface area contributed by atoms with Crippen LogP contribution >= 0.6 is 11.6 Å². The number of benzene rings is 2. The molecule has 0 saturated carbocycles. The van der Waals surface area contributed by atoms with Gasteiger partial charge in [-0.25, -0.2) is 14.8 Å². The lowest BCUT2D eigenvalue weighted by Gasteiger charge is -2.13. The van der Waals surface area contributed by atoms with E-state index in [0.29, 0.717) is 17.1 Å². The number of aryl methyl sites for hydroxylation is 1. The topological polar surface area (TPSA) is 98.9 Å². The number of nitrogens with one attached hydrogen (secondary N) is 1. The molecule has 0 bridgehead atoms. The summed E-state index contributed by atoms with van der Waals surface area (Å²) in [6, 6.07) is 14.7. The Morgan fingerprint density at radius 2 is 1.72 bits per heavy atom. The van der Waals surface area contributed by atoms with Crippen LogP contribution in [-0.4, -0.2) is 25.0 Å². The number of aromatic nitrogens is 4. The molecule has 1 N–H and O–H groups in total. The highest BCUT2D eigenvalue weighted by Crippen LogP contribution is 2.15. The van der Waals surface area contributed by atoms with Crippen LogP contribution in [0.25, 0.3) is 11.2 Å². The second-order valence-electron chi connectivity index (χ2n) is 7.34. The highest BCUT2D eigenvalue weighted by Gasteiger charge is 2.18. The zero-order valence-electron chi connectivity index (χ0n) is 17.3. The quantitative estimate of drug-likeness (QED) is 0.487. The second-order valence-corrected chi connectivity index (χ2v) is 7.75. The van der Waals surface area contributed by atoms with Gasteiger partial charge in [0.2, 0.25) is 5.91 Å². The largest absolute Gasteiger partial charge is 0.350 e. The summed E-state index contributed by atoms with van der Waals surface area (Å²) in [5, 5.41) is 3.23. The van der Waals surface area contributed by atoms with E-state index in [9.17, 15) is 14.4 Å². The molecular formula is C23H20ClN5O3. The van der Waals surface area contributed by atoms with Crippen LogP contribution in [-0.2, 0) is 24.4 Å². The van der Waals surface area contributed by atoms with Gasteiger partial charge in [-0.05, 0) is 24.1 Å². The molecule has 2 aromatic heterocycles. The lowest BCUT2D eigenvalue weighted by molar-refractivity contribution is -0.121. The third-order valence-electron chi connectivity index (χ3n) is 5.04. The Morgan fingerprint density at radius 3 is 2.47 bits per heavy atom. The minimum atomic E-state index is -0.659. The van der Waals surface area contributed by atoms with Crippen molar-refractivity contribution in [3.8, 4) is 0 Å². The average Bonchev–Trinajstić information content (AvgIpc) is 2.80. The molecule has 4 rings (SSSR count). The van der Waals surface area contributed by atoms with E-state index in [1.54, 1.807) is 24.3 Å². The number of carbonyl (C=O) groups is 1. The third kappa shape index (κ3) is 4.45. The molecule has 0 aliphatic carbocycles. The number of fused-ring (bicyclic) bond motifs is 1. The Bertz CT molecular complexity index is 1410. The molecule has 0 saturated heterocycles. The fourth-order valence-electron chi connectivity index (χ4n) is 3.32. The van der Waals surface area contributed by atoms with E-state index in [2.05, 4.69) is 15.3 Å². The maximum Gasteiger partial charge on any atom is 0.333 e. The Balaban J connectivity index is 1.68. The summed E-state index contributed by atoms with van der Waals surface area (Å²) in [5.74, 6) is -0.387. The molecular weight excluding hydrogens is 430 g/mol. The molecule has 0 aliphatic heterocycles. The lowest BCUT2D eigenvalue weighted by Crippen LogP contribution is -2.43. The summed E-state index contributed by atoms with van der Waals surface area (Å²) in [5.41, 5.74) is 1.48. The summed E-state index contributed by atoms with van der Waals surface area (Å²) in [6.07, 6.45) is 2.75. The maximum atomic E-state index is 13.2. The summed E-state index contributed by atoms with van der Waals surface area (Å²) in [4.78, 5) is 47.0. The van der Waals surface area contributed by atoms with Gasteiger partial charge < -0.3 is 5.32 Å². The summed E-state index contributed by atoms with van der Waals surface area (Å²) < 4.78 is 2.18. The maximum absolute atomic E-state index is 13.2. The van der Waals surface area contributed by atoms with Gasteiger partial charge >= 0.3 is 5.69 Å². The van der Waals surface area contributed by atoms with Crippen LogP contribution in [0, 0.1) is 6.92 Å². The summed E-state index contributed by atoms with van der Waals surface area (Å²) in [6.45, 7) is 1.95. The van der Waals surface area contributed by atoms with Crippen LogP contribution in [0.15, 0.2) is 70.5 Å². The fourth-order valence-corrected chi connectivity index (χ4v) is 3.51. The van der Waals surface area contributed by atoms with Gasteiger partial charge in [-0.3, -0.25) is 18.7 Å². The normalized spacial score (nSPS) is 10.9. The molecule has 2 heterocycles. The van der Waals surface area contributed by atoms with Crippen LogP contribution in [0.5, 0.6) is 0 Å². The van der Waals surface area contributed by atoms with E-state index in [0.717, 1.165) is 20.3 Å². The van der Waals surface area contributed by atoms with Crippen molar-refractivity contribution in [1.29, 1.82) is 0 Å². The molecule has 32 heavy (non-hydrogen) atoms. The predicted octanol–water partition coefficient (Wildman–Crippen LogP) is 2.28. The van der Waals surface area contributed by atoms with Crippen molar-refractivity contribution >= 4 is 28.7 Å². The number of hydrogen-bond donors (Lipinski definition) is 1. The van der Waals surface area contributed by atoms with Crippen molar-refractivity contribution < 1.29 is 4.79 Å². The highest BCUT2D eigenvalue weighted by molar-refractivity contribution is 6.31. The number of hydrogen-bond acceptors (Lipinski definition) is 5. The van der Waals surface area contributed by atoms with Gasteiger partial charge in [0.25, 0.3) is 5.56 Å². The molecule has 9 heteroatoms. The van der Waals surface area contributed by atoms with E-state index in [4.69, 9.17) is 11.6 Å². The van der Waals surface area contributed by atoms with Gasteiger partial charge in [-0.2, -0.15) is 0 Å². The van der Waals surface area contributed by atoms with Gasteiger partial charge in [0, 0.05) is 24.0 Å². The highest BCUT2D eigenvalue weighted by atomic mass is 35.5. The monoisotopic (exact) mass is 449 g/mol. The smallest absolute Gasteiger partial charge is 0.333 e. The van der Waals surface area contributed by atoms with Crippen LogP contribution < -0.4 is 16.6 Å². The number of amides is 1. The Kier molecular flexibility index (Phi) is 6.13. The lowest BCUT2D eigenvalue weighted by atomic mass is 10.1. The van der Waals surface area contributed by atoms with Gasteiger partial charge in [0.1, 0.15) is 6.54 Å². The first-order valence-electron chi connectivity index (χ1n) is 9.94. The molecule has 2 aromatic carbocycles.